The van der Waals surface area contributed by atoms with E-state index in [9.17, 15) is 19.8 Å². The molecule has 0 saturated heterocycles. The maximum absolute atomic E-state index is 12.4. The average molecular weight is 459 g/mol. The van der Waals surface area contributed by atoms with Gasteiger partial charge < -0.3 is 14.9 Å². The highest BCUT2D eigenvalue weighted by Gasteiger charge is 2.57. The van der Waals surface area contributed by atoms with Gasteiger partial charge in [-0.3, -0.25) is 9.59 Å². The summed E-state index contributed by atoms with van der Waals surface area (Å²) in [6.07, 6.45) is 0.925. The van der Waals surface area contributed by atoms with E-state index in [0.29, 0.717) is 5.57 Å². The molecule has 1 aliphatic rings. The normalized spacial score (nSPS) is 26.6. The molecular weight excluding hydrogens is 436 g/mol. The first-order chi connectivity index (χ1) is 13.8. The fraction of sp³-hybridized carbons (Fsp3) is 0.304. The number of benzene rings is 2. The third-order valence-corrected chi connectivity index (χ3v) is 6.62. The molecule has 5 nitrogen and oxygen atoms in total. The Morgan fingerprint density at radius 1 is 1.00 bits per heavy atom. The van der Waals surface area contributed by atoms with Crippen molar-refractivity contribution in [1.29, 1.82) is 0 Å². The summed E-state index contributed by atoms with van der Waals surface area (Å²) < 4.78 is 4.40. The molecule has 0 aromatic heterocycles. The lowest BCUT2D eigenvalue weighted by Gasteiger charge is -2.44. The van der Waals surface area contributed by atoms with Crippen LogP contribution < -0.4 is 0 Å². The quantitative estimate of drug-likeness (QED) is 0.472. The second-order valence-corrected chi connectivity index (χ2v) is 8.88. The third kappa shape index (κ3) is 4.28. The van der Waals surface area contributed by atoms with E-state index in [4.69, 9.17) is 4.74 Å². The van der Waals surface area contributed by atoms with Crippen molar-refractivity contribution < 1.29 is 24.5 Å². The zero-order chi connectivity index (χ0) is 21.1. The first-order valence-electron chi connectivity index (χ1n) is 9.32. The van der Waals surface area contributed by atoms with Gasteiger partial charge in [0.25, 0.3) is 0 Å². The van der Waals surface area contributed by atoms with Crippen LogP contribution in [0.3, 0.4) is 0 Å². The van der Waals surface area contributed by atoms with Gasteiger partial charge >= 0.3 is 11.9 Å². The number of aliphatic carboxylic acids is 2. The van der Waals surface area contributed by atoms with Crippen LogP contribution in [0.5, 0.6) is 0 Å². The van der Waals surface area contributed by atoms with Crippen molar-refractivity contribution in [2.75, 3.05) is 0 Å². The summed E-state index contributed by atoms with van der Waals surface area (Å²) in [5.41, 5.74) is 1.02. The number of carboxylic acid groups (broad SMARTS) is 2. The van der Waals surface area contributed by atoms with Gasteiger partial charge in [-0.15, -0.1) is 0 Å². The van der Waals surface area contributed by atoms with Crippen LogP contribution in [-0.4, -0.2) is 32.6 Å². The molecule has 0 bridgehead atoms. The molecule has 0 amide bonds. The molecule has 2 N–H and O–H groups in total. The van der Waals surface area contributed by atoms with Crippen LogP contribution in [-0.2, 0) is 27.4 Å². The molecule has 0 saturated carbocycles. The Balaban J connectivity index is 1.96. The molecule has 0 heterocycles. The number of hydrogen-bond acceptors (Lipinski definition) is 3. The Hall–Kier alpha value is -2.44. The van der Waals surface area contributed by atoms with Gasteiger partial charge in [0.2, 0.25) is 0 Å². The topological polar surface area (TPSA) is 83.8 Å². The summed E-state index contributed by atoms with van der Waals surface area (Å²) in [5.74, 6) is -2.18. The summed E-state index contributed by atoms with van der Waals surface area (Å²) in [6, 6.07) is 18.7. The van der Waals surface area contributed by atoms with Crippen LogP contribution in [0.25, 0.3) is 0 Å². The fourth-order valence-corrected chi connectivity index (χ4v) is 4.54. The zero-order valence-electron chi connectivity index (χ0n) is 16.0. The second kappa shape index (κ2) is 8.51. The van der Waals surface area contributed by atoms with Gasteiger partial charge in [0, 0.05) is 0 Å². The van der Waals surface area contributed by atoms with Crippen LogP contribution in [0.15, 0.2) is 72.3 Å². The van der Waals surface area contributed by atoms with Gasteiger partial charge in [-0.2, -0.15) is 0 Å². The van der Waals surface area contributed by atoms with E-state index < -0.39 is 27.8 Å². The summed E-state index contributed by atoms with van der Waals surface area (Å²) in [4.78, 5) is 24.6. The zero-order valence-corrected chi connectivity index (χ0v) is 17.6. The Bertz CT molecular complexity index is 911. The molecule has 3 rings (SSSR count). The Kier molecular flexibility index (Phi) is 6.24. The number of halogens is 1. The van der Waals surface area contributed by atoms with E-state index in [-0.39, 0.29) is 19.4 Å². The summed E-state index contributed by atoms with van der Waals surface area (Å²) in [7, 11) is 0. The molecule has 0 spiro atoms. The molecule has 0 fully saturated rings. The number of carbonyl (C=O) groups is 2. The first kappa shape index (κ1) is 21.3. The minimum Gasteiger partial charge on any atom is -0.481 e. The van der Waals surface area contributed by atoms with E-state index in [1.807, 2.05) is 60.7 Å². The second-order valence-electron chi connectivity index (χ2n) is 7.46. The van der Waals surface area contributed by atoms with E-state index in [2.05, 4.69) is 15.9 Å². The van der Waals surface area contributed by atoms with E-state index >= 15 is 0 Å². The molecule has 3 unspecified atom stereocenters. The molecule has 3 atom stereocenters. The molecule has 2 aromatic rings. The molecule has 29 heavy (non-hydrogen) atoms. The van der Waals surface area contributed by atoms with Gasteiger partial charge in [0.15, 0.2) is 4.32 Å². The maximum atomic E-state index is 12.4. The third-order valence-electron chi connectivity index (χ3n) is 5.55. The lowest BCUT2D eigenvalue weighted by Crippen LogP contribution is -2.54. The molecule has 0 aliphatic heterocycles. The summed E-state index contributed by atoms with van der Waals surface area (Å²) >= 11 is 3.35. The number of alkyl halides is 1. The van der Waals surface area contributed by atoms with Crippen molar-refractivity contribution in [2.24, 2.45) is 5.41 Å². The Labute approximate surface area is 178 Å². The Morgan fingerprint density at radius 3 is 2.07 bits per heavy atom. The number of rotatable bonds is 7. The highest BCUT2D eigenvalue weighted by Crippen LogP contribution is 2.49. The summed E-state index contributed by atoms with van der Waals surface area (Å²) in [5, 5.41) is 20.1. The predicted octanol–water partition coefficient (Wildman–Crippen LogP) is 4.45. The standard InChI is InChI=1S/C23H23BrO5/c1-16-12-19(29-14-18-10-6-3-7-11-18)23(24,21(27)28)15-22(16,20(25)26)13-17-8-4-2-5-9-17/h2-12,19H,13-15H2,1H3,(H,25,26)(H,27,28). The highest BCUT2D eigenvalue weighted by atomic mass is 79.9. The van der Waals surface area contributed by atoms with Crippen LogP contribution >= 0.6 is 15.9 Å². The van der Waals surface area contributed by atoms with Gasteiger partial charge in [0.1, 0.15) is 6.10 Å². The highest BCUT2D eigenvalue weighted by molar-refractivity contribution is 9.10. The fourth-order valence-electron chi connectivity index (χ4n) is 3.80. The van der Waals surface area contributed by atoms with Crippen molar-refractivity contribution in [3.8, 4) is 0 Å². The van der Waals surface area contributed by atoms with Gasteiger partial charge in [-0.1, -0.05) is 88.2 Å². The van der Waals surface area contributed by atoms with Crippen LogP contribution in [0.4, 0.5) is 0 Å². The number of hydrogen-bond donors (Lipinski definition) is 2. The molecular formula is C23H23BrO5. The molecule has 6 heteroatoms. The van der Waals surface area contributed by atoms with Gasteiger partial charge in [0.05, 0.1) is 12.0 Å². The first-order valence-corrected chi connectivity index (χ1v) is 10.1. The van der Waals surface area contributed by atoms with E-state index in [1.165, 1.54) is 0 Å². The van der Waals surface area contributed by atoms with Crippen molar-refractivity contribution >= 4 is 27.9 Å². The van der Waals surface area contributed by atoms with Gasteiger partial charge in [-0.25, -0.2) is 0 Å². The SMILES string of the molecule is CC1=CC(OCc2ccccc2)C(Br)(C(=O)O)CC1(Cc1ccccc1)C(=O)O. The molecule has 0 radical (unpaired) electrons. The van der Waals surface area contributed by atoms with Crippen LogP contribution in [0, 0.1) is 5.41 Å². The minimum absolute atomic E-state index is 0.124. The number of ether oxygens (including phenoxy) is 1. The predicted molar refractivity (Wildman–Crippen MR) is 113 cm³/mol. The molecule has 1 aliphatic carbocycles. The molecule has 2 aromatic carbocycles. The van der Waals surface area contributed by atoms with Crippen molar-refractivity contribution in [1.82, 2.24) is 0 Å². The lowest BCUT2D eigenvalue weighted by molar-refractivity contribution is -0.152. The smallest absolute Gasteiger partial charge is 0.323 e. The van der Waals surface area contributed by atoms with E-state index in [1.54, 1.807) is 13.0 Å². The monoisotopic (exact) mass is 458 g/mol. The van der Waals surface area contributed by atoms with Crippen molar-refractivity contribution in [2.45, 2.75) is 36.8 Å². The number of carboxylic acids is 2. The van der Waals surface area contributed by atoms with Crippen LogP contribution in [0.2, 0.25) is 0 Å². The lowest BCUT2D eigenvalue weighted by atomic mass is 9.65. The van der Waals surface area contributed by atoms with Gasteiger partial charge in [-0.05, 0) is 30.9 Å². The molecule has 152 valence electrons. The van der Waals surface area contributed by atoms with Crippen molar-refractivity contribution in [3.63, 3.8) is 0 Å². The van der Waals surface area contributed by atoms with E-state index in [0.717, 1.165) is 11.1 Å². The average Bonchev–Trinajstić information content (AvgIpc) is 2.70. The minimum atomic E-state index is -1.55. The largest absolute Gasteiger partial charge is 0.481 e. The van der Waals surface area contributed by atoms with Crippen molar-refractivity contribution in [3.05, 3.63) is 83.4 Å². The Morgan fingerprint density at radius 2 is 1.55 bits per heavy atom. The maximum Gasteiger partial charge on any atom is 0.323 e. The summed E-state index contributed by atoms with van der Waals surface area (Å²) in [6.45, 7) is 1.97. The van der Waals surface area contributed by atoms with Crippen LogP contribution in [0.1, 0.15) is 24.5 Å².